The number of nitrogens with zero attached hydrogens (tertiary/aromatic N) is 1. The molecular formula is C35H30N2O3. The molecule has 2 N–H and O–H groups in total. The number of amides is 1. The first-order valence-electron chi connectivity index (χ1n) is 13.2. The van der Waals surface area contributed by atoms with Crippen molar-refractivity contribution in [1.82, 2.24) is 0 Å². The summed E-state index contributed by atoms with van der Waals surface area (Å²) in [5.74, 6) is 1.09. The van der Waals surface area contributed by atoms with Gasteiger partial charge in [-0.25, -0.2) is 0 Å². The standard InChI is InChI=1S/C35H30N2O3/c1-39-29-20-18-25(19-21-29)34(36)31-23-22-30(40-2)24-32(31)37(33(34)38)35(26-12-6-3-7-13-26,27-14-8-4-9-15-27)28-16-10-5-11-17-28/h3-24H,36H2,1-2H3/t34-/m1/s1. The van der Waals surface area contributed by atoms with Gasteiger partial charge in [0.15, 0.2) is 0 Å². The van der Waals surface area contributed by atoms with Crippen molar-refractivity contribution in [3.8, 4) is 11.5 Å². The minimum Gasteiger partial charge on any atom is -0.497 e. The molecule has 1 aliphatic rings. The van der Waals surface area contributed by atoms with Crippen molar-refractivity contribution in [3.63, 3.8) is 0 Å². The Morgan fingerprint density at radius 1 is 0.625 bits per heavy atom. The second kappa shape index (κ2) is 10.0. The van der Waals surface area contributed by atoms with Gasteiger partial charge in [-0.1, -0.05) is 109 Å². The van der Waals surface area contributed by atoms with Crippen LogP contribution in [0, 0.1) is 0 Å². The zero-order valence-electron chi connectivity index (χ0n) is 22.5. The highest BCUT2D eigenvalue weighted by atomic mass is 16.5. The van der Waals surface area contributed by atoms with Crippen LogP contribution in [0.1, 0.15) is 27.8 Å². The first-order valence-corrected chi connectivity index (χ1v) is 13.2. The lowest BCUT2D eigenvalue weighted by molar-refractivity contribution is -0.122. The molecule has 5 aromatic rings. The van der Waals surface area contributed by atoms with Crippen molar-refractivity contribution in [1.29, 1.82) is 0 Å². The molecule has 0 saturated carbocycles. The molecule has 1 amide bonds. The SMILES string of the molecule is COc1ccc([C@]2(N)C(=O)N(C(c3ccccc3)(c3ccccc3)c3ccccc3)c3cc(OC)ccc32)cc1. The third-order valence-corrected chi connectivity index (χ3v) is 7.87. The minimum atomic E-state index is -1.45. The van der Waals surface area contributed by atoms with Gasteiger partial charge in [0.2, 0.25) is 0 Å². The van der Waals surface area contributed by atoms with Crippen molar-refractivity contribution in [2.45, 2.75) is 11.1 Å². The Bertz CT molecular complexity index is 1540. The number of nitrogens with two attached hydrogens (primary N) is 1. The summed E-state index contributed by atoms with van der Waals surface area (Å²) in [5.41, 5.74) is 9.68. The lowest BCUT2D eigenvalue weighted by atomic mass is 9.75. The van der Waals surface area contributed by atoms with Crippen molar-refractivity contribution in [3.05, 3.63) is 161 Å². The van der Waals surface area contributed by atoms with Crippen molar-refractivity contribution >= 4 is 11.6 Å². The van der Waals surface area contributed by atoms with Crippen molar-refractivity contribution in [2.75, 3.05) is 19.1 Å². The van der Waals surface area contributed by atoms with E-state index < -0.39 is 11.1 Å². The van der Waals surface area contributed by atoms with E-state index in [4.69, 9.17) is 15.2 Å². The van der Waals surface area contributed by atoms with E-state index in [0.29, 0.717) is 28.3 Å². The Balaban J connectivity index is 1.73. The topological polar surface area (TPSA) is 64.8 Å². The number of rotatable bonds is 7. The summed E-state index contributed by atoms with van der Waals surface area (Å²) in [6, 6.07) is 43.4. The predicted molar refractivity (Wildman–Crippen MR) is 158 cm³/mol. The number of fused-ring (bicyclic) bond motifs is 1. The van der Waals surface area contributed by atoms with E-state index >= 15 is 4.79 Å². The monoisotopic (exact) mass is 526 g/mol. The van der Waals surface area contributed by atoms with E-state index in [1.807, 2.05) is 102 Å². The van der Waals surface area contributed by atoms with Gasteiger partial charge in [0.25, 0.3) is 5.91 Å². The molecule has 5 heteroatoms. The zero-order chi connectivity index (χ0) is 27.7. The second-order valence-corrected chi connectivity index (χ2v) is 9.87. The Hall–Kier alpha value is -4.87. The fraction of sp³-hybridized carbons (Fsp3) is 0.114. The maximum Gasteiger partial charge on any atom is 0.257 e. The predicted octanol–water partition coefficient (Wildman–Crippen LogP) is 6.24. The van der Waals surface area contributed by atoms with Gasteiger partial charge in [0.05, 0.1) is 19.9 Å². The van der Waals surface area contributed by atoms with Gasteiger partial charge in [-0.3, -0.25) is 9.69 Å². The summed E-state index contributed by atoms with van der Waals surface area (Å²) in [6.07, 6.45) is 0. The number of hydrogen-bond acceptors (Lipinski definition) is 4. The molecule has 198 valence electrons. The molecule has 0 aromatic heterocycles. The van der Waals surface area contributed by atoms with Gasteiger partial charge in [-0.15, -0.1) is 0 Å². The summed E-state index contributed by atoms with van der Waals surface area (Å²) in [4.78, 5) is 17.0. The highest BCUT2D eigenvalue weighted by Gasteiger charge is 2.57. The molecule has 0 bridgehead atoms. The quantitative estimate of drug-likeness (QED) is 0.255. The molecule has 0 spiro atoms. The molecule has 0 saturated heterocycles. The van der Waals surface area contributed by atoms with E-state index in [-0.39, 0.29) is 5.91 Å². The van der Waals surface area contributed by atoms with Crippen LogP contribution < -0.4 is 20.1 Å². The molecule has 40 heavy (non-hydrogen) atoms. The maximum atomic E-state index is 15.1. The highest BCUT2D eigenvalue weighted by Crippen LogP contribution is 2.53. The minimum absolute atomic E-state index is 0.238. The van der Waals surface area contributed by atoms with Crippen LogP contribution in [0.2, 0.25) is 0 Å². The Labute approximate surface area is 234 Å². The van der Waals surface area contributed by atoms with Crippen LogP contribution in [-0.4, -0.2) is 20.1 Å². The molecular weight excluding hydrogens is 496 g/mol. The van der Waals surface area contributed by atoms with Crippen molar-refractivity contribution in [2.24, 2.45) is 5.73 Å². The third kappa shape index (κ3) is 3.70. The lowest BCUT2D eigenvalue weighted by Crippen LogP contribution is -2.56. The summed E-state index contributed by atoms with van der Waals surface area (Å²) in [6.45, 7) is 0. The maximum absolute atomic E-state index is 15.1. The number of benzene rings is 5. The zero-order valence-corrected chi connectivity index (χ0v) is 22.5. The number of ether oxygens (including phenoxy) is 2. The first kappa shape index (κ1) is 25.4. The van der Waals surface area contributed by atoms with Gasteiger partial charge < -0.3 is 15.2 Å². The van der Waals surface area contributed by atoms with E-state index in [9.17, 15) is 0 Å². The first-order chi connectivity index (χ1) is 19.5. The van der Waals surface area contributed by atoms with Crippen LogP contribution in [0.25, 0.3) is 0 Å². The van der Waals surface area contributed by atoms with Gasteiger partial charge in [-0.2, -0.15) is 0 Å². The van der Waals surface area contributed by atoms with Gasteiger partial charge in [0.1, 0.15) is 22.6 Å². The average molecular weight is 527 g/mol. The molecule has 6 rings (SSSR count). The van der Waals surface area contributed by atoms with Gasteiger partial charge in [-0.05, 0) is 40.5 Å². The summed E-state index contributed by atoms with van der Waals surface area (Å²) >= 11 is 0. The van der Waals surface area contributed by atoms with E-state index in [2.05, 4.69) is 36.4 Å². The van der Waals surface area contributed by atoms with Crippen LogP contribution in [0.4, 0.5) is 5.69 Å². The van der Waals surface area contributed by atoms with Crippen LogP contribution in [0.5, 0.6) is 11.5 Å². The Kier molecular flexibility index (Phi) is 6.37. The van der Waals surface area contributed by atoms with Crippen LogP contribution >= 0.6 is 0 Å². The van der Waals surface area contributed by atoms with Crippen LogP contribution in [0.15, 0.2) is 133 Å². The second-order valence-electron chi connectivity index (χ2n) is 9.87. The highest BCUT2D eigenvalue weighted by molar-refractivity contribution is 6.12. The van der Waals surface area contributed by atoms with E-state index in [1.165, 1.54) is 0 Å². The average Bonchev–Trinajstić information content (AvgIpc) is 3.26. The largest absolute Gasteiger partial charge is 0.497 e. The van der Waals surface area contributed by atoms with Crippen molar-refractivity contribution < 1.29 is 14.3 Å². The molecule has 0 radical (unpaired) electrons. The lowest BCUT2D eigenvalue weighted by Gasteiger charge is -2.44. The number of carbonyl (C=O) groups excluding carboxylic acids is 1. The fourth-order valence-electron chi connectivity index (χ4n) is 5.95. The normalized spacial score (nSPS) is 16.5. The van der Waals surface area contributed by atoms with E-state index in [0.717, 1.165) is 16.7 Å². The molecule has 5 nitrogen and oxygen atoms in total. The summed E-state index contributed by atoms with van der Waals surface area (Å²) in [7, 11) is 3.24. The summed E-state index contributed by atoms with van der Waals surface area (Å²) < 4.78 is 11.0. The molecule has 5 aromatic carbocycles. The van der Waals surface area contributed by atoms with Gasteiger partial charge >= 0.3 is 0 Å². The molecule has 0 aliphatic carbocycles. The van der Waals surface area contributed by atoms with Crippen LogP contribution in [0.3, 0.4) is 0 Å². The number of anilines is 1. The third-order valence-electron chi connectivity index (χ3n) is 7.87. The molecule has 1 atom stereocenters. The number of methoxy groups -OCH3 is 2. The summed E-state index contributed by atoms with van der Waals surface area (Å²) in [5, 5.41) is 0. The molecule has 0 unspecified atom stereocenters. The Morgan fingerprint density at radius 2 is 1.07 bits per heavy atom. The fourth-order valence-corrected chi connectivity index (χ4v) is 5.95. The molecule has 1 heterocycles. The number of carbonyl (C=O) groups is 1. The molecule has 0 fully saturated rings. The Morgan fingerprint density at radius 3 is 1.52 bits per heavy atom. The van der Waals surface area contributed by atoms with Gasteiger partial charge in [0, 0.05) is 11.6 Å². The molecule has 1 aliphatic heterocycles. The smallest absolute Gasteiger partial charge is 0.257 e. The van der Waals surface area contributed by atoms with Crippen LogP contribution in [-0.2, 0) is 15.9 Å². The van der Waals surface area contributed by atoms with E-state index in [1.54, 1.807) is 14.2 Å². The number of hydrogen-bond donors (Lipinski definition) is 1.